The Hall–Kier alpha value is -0.820. The molecule has 0 bridgehead atoms. The van der Waals surface area contributed by atoms with Crippen molar-refractivity contribution in [2.45, 2.75) is 13.3 Å². The Morgan fingerprint density at radius 3 is 2.91 bits per heavy atom. The van der Waals surface area contributed by atoms with Gasteiger partial charge in [0.15, 0.2) is 0 Å². The third kappa shape index (κ3) is 2.72. The standard InChI is InChI=1S/C10H15N/c1-9-4-3-5-10(8-9)6-7-11-2/h3-5,8H,2,6-7,11H2,1H3. The molecule has 1 aromatic carbocycles. The summed E-state index contributed by atoms with van der Waals surface area (Å²) < 4.78 is 0. The Morgan fingerprint density at radius 2 is 2.27 bits per heavy atom. The van der Waals surface area contributed by atoms with Gasteiger partial charge in [0.2, 0.25) is 0 Å². The van der Waals surface area contributed by atoms with Gasteiger partial charge in [-0.25, -0.2) is 0 Å². The Balaban J connectivity index is 2.56. The Morgan fingerprint density at radius 1 is 1.45 bits per heavy atom. The first-order chi connectivity index (χ1) is 5.33. The van der Waals surface area contributed by atoms with Crippen LogP contribution >= 0.6 is 0 Å². The molecule has 0 aliphatic carbocycles. The molecular formula is C10H15N. The van der Waals surface area contributed by atoms with Gasteiger partial charge in [-0.3, -0.25) is 0 Å². The van der Waals surface area contributed by atoms with Crippen LogP contribution in [-0.4, -0.2) is 6.54 Å². The average molecular weight is 149 g/mol. The summed E-state index contributed by atoms with van der Waals surface area (Å²) in [6, 6.07) is 8.62. The first kappa shape index (κ1) is 8.28. The molecule has 1 heteroatoms. The van der Waals surface area contributed by atoms with Crippen molar-refractivity contribution in [1.82, 2.24) is 0 Å². The predicted molar refractivity (Wildman–Crippen MR) is 47.0 cm³/mol. The van der Waals surface area contributed by atoms with Crippen LogP contribution in [0.2, 0.25) is 0 Å². The number of quaternary nitrogens is 1. The van der Waals surface area contributed by atoms with E-state index in [1.807, 2.05) is 5.32 Å². The van der Waals surface area contributed by atoms with Gasteiger partial charge in [0, 0.05) is 6.42 Å². The second-order valence-electron chi connectivity index (χ2n) is 2.82. The van der Waals surface area contributed by atoms with Gasteiger partial charge >= 0.3 is 0 Å². The second-order valence-corrected chi connectivity index (χ2v) is 2.82. The number of hydrogen-bond acceptors (Lipinski definition) is 0. The first-order valence-electron chi connectivity index (χ1n) is 3.99. The van der Waals surface area contributed by atoms with Crippen molar-refractivity contribution >= 4 is 0 Å². The van der Waals surface area contributed by atoms with Gasteiger partial charge in [-0.05, 0) is 12.5 Å². The zero-order chi connectivity index (χ0) is 8.10. The Labute approximate surface area is 68.4 Å². The molecule has 0 saturated carbocycles. The number of benzene rings is 1. The Bertz CT molecular complexity index is 218. The van der Waals surface area contributed by atoms with E-state index in [2.05, 4.69) is 38.2 Å². The maximum Gasteiger partial charge on any atom is 0.0556 e. The third-order valence-corrected chi connectivity index (χ3v) is 1.72. The lowest BCUT2D eigenvalue weighted by molar-refractivity contribution is -0.594. The third-order valence-electron chi connectivity index (χ3n) is 1.72. The van der Waals surface area contributed by atoms with Crippen molar-refractivity contribution in [3.05, 3.63) is 42.4 Å². The summed E-state index contributed by atoms with van der Waals surface area (Å²) in [5.41, 5.74) is 2.75. The molecule has 0 fully saturated rings. The highest BCUT2D eigenvalue weighted by Gasteiger charge is 1.91. The van der Waals surface area contributed by atoms with Crippen molar-refractivity contribution in [2.24, 2.45) is 0 Å². The summed E-state index contributed by atoms with van der Waals surface area (Å²) in [5.74, 6) is 0. The van der Waals surface area contributed by atoms with Crippen molar-refractivity contribution in [1.29, 1.82) is 0 Å². The molecule has 0 aliphatic heterocycles. The van der Waals surface area contributed by atoms with E-state index in [1.54, 1.807) is 0 Å². The summed E-state index contributed by atoms with van der Waals surface area (Å²) in [7, 11) is 3.70. The molecule has 0 aromatic heterocycles. The largest absolute Gasteiger partial charge is 0.479 e. The van der Waals surface area contributed by atoms with Crippen molar-refractivity contribution in [2.75, 3.05) is 6.54 Å². The topological polar surface area (TPSA) is 16.6 Å². The number of nitrogens with two attached hydrogens (primary N) is 1. The van der Waals surface area contributed by atoms with E-state index in [9.17, 15) is 0 Å². The van der Waals surface area contributed by atoms with Crippen LogP contribution in [0.4, 0.5) is 0 Å². The van der Waals surface area contributed by atoms with Crippen LogP contribution in [0.3, 0.4) is 0 Å². The van der Waals surface area contributed by atoms with Crippen molar-refractivity contribution < 1.29 is 5.32 Å². The molecule has 0 saturated heterocycles. The lowest BCUT2D eigenvalue weighted by Gasteiger charge is -2.01. The minimum absolute atomic E-state index is 1.07. The molecule has 1 aromatic rings. The monoisotopic (exact) mass is 149 g/mol. The van der Waals surface area contributed by atoms with Gasteiger partial charge < -0.3 is 5.32 Å². The zero-order valence-electron chi connectivity index (χ0n) is 7.01. The minimum Gasteiger partial charge on any atom is -0.479 e. The fourth-order valence-electron chi connectivity index (χ4n) is 1.14. The molecule has 11 heavy (non-hydrogen) atoms. The summed E-state index contributed by atoms with van der Waals surface area (Å²) in [6.07, 6.45) is 1.12. The molecule has 0 heterocycles. The van der Waals surface area contributed by atoms with Crippen LogP contribution in [0.5, 0.6) is 0 Å². The fraction of sp³-hybridized carbons (Fsp3) is 0.300. The second kappa shape index (κ2) is 4.14. The minimum atomic E-state index is 1.07. The van der Waals surface area contributed by atoms with Gasteiger partial charge in [0.05, 0.1) is 6.54 Å². The van der Waals surface area contributed by atoms with E-state index in [-0.39, 0.29) is 0 Å². The van der Waals surface area contributed by atoms with E-state index in [0.717, 1.165) is 13.0 Å². The summed E-state index contributed by atoms with van der Waals surface area (Å²) in [4.78, 5) is 0. The molecule has 1 nitrogen and oxygen atoms in total. The van der Waals surface area contributed by atoms with Crippen LogP contribution < -0.4 is 5.32 Å². The summed E-state index contributed by atoms with van der Waals surface area (Å²) in [5, 5.41) is 1.96. The maximum atomic E-state index is 3.70. The van der Waals surface area contributed by atoms with E-state index in [4.69, 9.17) is 0 Å². The lowest BCUT2D eigenvalue weighted by atomic mass is 10.1. The Kier molecular flexibility index (Phi) is 3.12. The molecule has 0 aliphatic rings. The SMILES string of the molecule is [CH2-][NH2+]CCc1cccc(C)c1. The van der Waals surface area contributed by atoms with Gasteiger partial charge in [-0.2, -0.15) is 7.05 Å². The number of hydrogen-bond donors (Lipinski definition) is 1. The van der Waals surface area contributed by atoms with E-state index < -0.39 is 0 Å². The van der Waals surface area contributed by atoms with Gasteiger partial charge in [0.1, 0.15) is 0 Å². The molecule has 1 rings (SSSR count). The van der Waals surface area contributed by atoms with Gasteiger partial charge in [0.25, 0.3) is 0 Å². The molecule has 0 spiro atoms. The predicted octanol–water partition coefficient (Wildman–Crippen LogP) is 0.893. The van der Waals surface area contributed by atoms with Gasteiger partial charge in [-0.15, -0.1) is 0 Å². The zero-order valence-corrected chi connectivity index (χ0v) is 7.01. The van der Waals surface area contributed by atoms with E-state index in [1.165, 1.54) is 11.1 Å². The molecule has 0 unspecified atom stereocenters. The van der Waals surface area contributed by atoms with E-state index in [0.29, 0.717) is 0 Å². The van der Waals surface area contributed by atoms with Crippen LogP contribution in [0.25, 0.3) is 0 Å². The normalized spacial score (nSPS) is 10.0. The fourth-order valence-corrected chi connectivity index (χ4v) is 1.14. The number of rotatable bonds is 3. The molecule has 0 atom stereocenters. The number of aryl methyl sites for hydroxylation is 1. The molecule has 2 N–H and O–H groups in total. The van der Waals surface area contributed by atoms with Crippen molar-refractivity contribution in [3.8, 4) is 0 Å². The van der Waals surface area contributed by atoms with E-state index >= 15 is 0 Å². The van der Waals surface area contributed by atoms with Gasteiger partial charge in [-0.1, -0.05) is 29.8 Å². The highest BCUT2D eigenvalue weighted by Crippen LogP contribution is 2.02. The smallest absolute Gasteiger partial charge is 0.0556 e. The average Bonchev–Trinajstić information content (AvgIpc) is 2.01. The molecular weight excluding hydrogens is 134 g/mol. The highest BCUT2D eigenvalue weighted by molar-refractivity contribution is 5.22. The quantitative estimate of drug-likeness (QED) is 0.615. The van der Waals surface area contributed by atoms with Crippen LogP contribution in [0, 0.1) is 14.0 Å². The van der Waals surface area contributed by atoms with Crippen LogP contribution in [0.1, 0.15) is 11.1 Å². The first-order valence-corrected chi connectivity index (χ1v) is 3.99. The maximum absolute atomic E-state index is 3.70. The lowest BCUT2D eigenvalue weighted by Crippen LogP contribution is -2.77. The van der Waals surface area contributed by atoms with Crippen LogP contribution in [0.15, 0.2) is 24.3 Å². The highest BCUT2D eigenvalue weighted by atomic mass is 14.8. The summed E-state index contributed by atoms with van der Waals surface area (Å²) >= 11 is 0. The van der Waals surface area contributed by atoms with Crippen molar-refractivity contribution in [3.63, 3.8) is 0 Å². The van der Waals surface area contributed by atoms with Crippen LogP contribution in [-0.2, 0) is 6.42 Å². The molecule has 0 amide bonds. The molecule has 0 radical (unpaired) electrons. The molecule has 60 valence electrons. The summed E-state index contributed by atoms with van der Waals surface area (Å²) in [6.45, 7) is 3.20.